The number of aromatic nitrogens is 1. The third kappa shape index (κ3) is 3.91. The van der Waals surface area contributed by atoms with Crippen LogP contribution in [0.5, 0.6) is 0 Å². The number of nitrogens with zero attached hydrogens (tertiary/aromatic N) is 1. The lowest BCUT2D eigenvalue weighted by molar-refractivity contribution is -0.115. The molecule has 0 atom stereocenters. The molecular weight excluding hydrogens is 254 g/mol. The van der Waals surface area contributed by atoms with Gasteiger partial charge in [0.25, 0.3) is 5.91 Å². The summed E-state index contributed by atoms with van der Waals surface area (Å²) in [5.41, 5.74) is 1.34. The molecular formula is C15H15N3O2. The molecule has 0 spiro atoms. The van der Waals surface area contributed by atoms with Crippen molar-refractivity contribution in [1.29, 1.82) is 0 Å². The number of nitrogens with one attached hydrogen (secondary N) is 2. The molecule has 20 heavy (non-hydrogen) atoms. The maximum absolute atomic E-state index is 11.7. The van der Waals surface area contributed by atoms with E-state index in [4.69, 9.17) is 0 Å². The maximum Gasteiger partial charge on any atom is 0.251 e. The molecule has 0 radical (unpaired) electrons. The largest absolute Gasteiger partial charge is 0.343 e. The molecule has 0 saturated heterocycles. The van der Waals surface area contributed by atoms with Gasteiger partial charge in [0.05, 0.1) is 6.54 Å². The third-order valence-corrected chi connectivity index (χ3v) is 2.60. The molecule has 5 heteroatoms. The zero-order valence-corrected chi connectivity index (χ0v) is 11.1. The molecule has 0 aliphatic heterocycles. The normalized spacial score (nSPS) is 9.85. The Bertz CT molecular complexity index is 612. The Balaban J connectivity index is 1.85. The van der Waals surface area contributed by atoms with E-state index in [9.17, 15) is 9.59 Å². The van der Waals surface area contributed by atoms with Gasteiger partial charge in [-0.2, -0.15) is 0 Å². The third-order valence-electron chi connectivity index (χ3n) is 2.60. The summed E-state index contributed by atoms with van der Waals surface area (Å²) in [5, 5.41) is 5.18. The van der Waals surface area contributed by atoms with E-state index in [0.717, 1.165) is 5.69 Å². The average molecular weight is 269 g/mol. The van der Waals surface area contributed by atoms with Crippen LogP contribution in [0.1, 0.15) is 16.1 Å². The van der Waals surface area contributed by atoms with Crippen molar-refractivity contribution in [1.82, 2.24) is 10.3 Å². The van der Waals surface area contributed by atoms with Crippen LogP contribution in [0.3, 0.4) is 0 Å². The predicted octanol–water partition coefficient (Wildman–Crippen LogP) is 1.76. The number of rotatable bonds is 4. The van der Waals surface area contributed by atoms with Crippen molar-refractivity contribution in [3.63, 3.8) is 0 Å². The van der Waals surface area contributed by atoms with Gasteiger partial charge in [0, 0.05) is 11.3 Å². The van der Waals surface area contributed by atoms with Crippen molar-refractivity contribution in [3.8, 4) is 0 Å². The summed E-state index contributed by atoms with van der Waals surface area (Å²) in [5.74, 6) is -0.116. The van der Waals surface area contributed by atoms with Gasteiger partial charge in [-0.25, -0.2) is 4.98 Å². The molecule has 0 bridgehead atoms. The minimum Gasteiger partial charge on any atom is -0.343 e. The van der Waals surface area contributed by atoms with E-state index in [1.165, 1.54) is 0 Å². The predicted molar refractivity (Wildman–Crippen MR) is 76.4 cm³/mol. The first kappa shape index (κ1) is 13.7. The fourth-order valence-electron chi connectivity index (χ4n) is 1.65. The number of amides is 2. The van der Waals surface area contributed by atoms with Gasteiger partial charge in [0.15, 0.2) is 0 Å². The minimum absolute atomic E-state index is 0.0939. The number of pyridine rings is 1. The van der Waals surface area contributed by atoms with E-state index in [-0.39, 0.29) is 18.4 Å². The molecule has 0 aliphatic carbocycles. The summed E-state index contributed by atoms with van der Waals surface area (Å²) in [6.07, 6.45) is 0. The van der Waals surface area contributed by atoms with E-state index < -0.39 is 0 Å². The molecule has 2 amide bonds. The monoisotopic (exact) mass is 269 g/mol. The van der Waals surface area contributed by atoms with Crippen LogP contribution in [0.2, 0.25) is 0 Å². The molecule has 5 nitrogen and oxygen atoms in total. The molecule has 0 saturated carbocycles. The van der Waals surface area contributed by atoms with Gasteiger partial charge in [-0.15, -0.1) is 0 Å². The number of hydrogen-bond acceptors (Lipinski definition) is 3. The number of benzene rings is 1. The summed E-state index contributed by atoms with van der Waals surface area (Å²) in [7, 11) is 0. The van der Waals surface area contributed by atoms with E-state index in [1.807, 2.05) is 19.1 Å². The van der Waals surface area contributed by atoms with Crippen molar-refractivity contribution in [2.24, 2.45) is 0 Å². The standard InChI is InChI=1S/C15H15N3O2/c1-11-6-5-9-13(17-11)18-14(19)10-16-15(20)12-7-3-2-4-8-12/h2-9H,10H2,1H3,(H,16,20)(H,17,18,19). The van der Waals surface area contributed by atoms with Crippen LogP contribution in [-0.4, -0.2) is 23.3 Å². The van der Waals surface area contributed by atoms with Crippen LogP contribution in [0.4, 0.5) is 5.82 Å². The smallest absolute Gasteiger partial charge is 0.251 e. The Morgan fingerprint density at radius 3 is 2.50 bits per heavy atom. The van der Waals surface area contributed by atoms with Gasteiger partial charge in [0.1, 0.15) is 5.82 Å². The second-order valence-corrected chi connectivity index (χ2v) is 4.26. The number of carbonyl (C=O) groups is 2. The number of hydrogen-bond donors (Lipinski definition) is 2. The van der Waals surface area contributed by atoms with E-state index in [1.54, 1.807) is 36.4 Å². The number of aryl methyl sites for hydroxylation is 1. The van der Waals surface area contributed by atoms with Crippen LogP contribution in [-0.2, 0) is 4.79 Å². The molecule has 1 aromatic heterocycles. The fraction of sp³-hybridized carbons (Fsp3) is 0.133. The first-order valence-corrected chi connectivity index (χ1v) is 6.22. The van der Waals surface area contributed by atoms with Crippen molar-refractivity contribution < 1.29 is 9.59 Å². The summed E-state index contributed by atoms with van der Waals surface area (Å²) >= 11 is 0. The van der Waals surface area contributed by atoms with E-state index >= 15 is 0 Å². The number of anilines is 1. The van der Waals surface area contributed by atoms with Gasteiger partial charge in [-0.1, -0.05) is 24.3 Å². The van der Waals surface area contributed by atoms with Crippen LogP contribution in [0, 0.1) is 6.92 Å². The SMILES string of the molecule is Cc1cccc(NC(=O)CNC(=O)c2ccccc2)n1. The average Bonchev–Trinajstić information content (AvgIpc) is 2.46. The lowest BCUT2D eigenvalue weighted by atomic mass is 10.2. The highest BCUT2D eigenvalue weighted by Crippen LogP contribution is 2.03. The lowest BCUT2D eigenvalue weighted by Gasteiger charge is -2.06. The van der Waals surface area contributed by atoms with Crippen LogP contribution < -0.4 is 10.6 Å². The molecule has 2 aromatic rings. The zero-order valence-electron chi connectivity index (χ0n) is 11.1. The topological polar surface area (TPSA) is 71.1 Å². The second kappa shape index (κ2) is 6.47. The highest BCUT2D eigenvalue weighted by Gasteiger charge is 2.08. The van der Waals surface area contributed by atoms with Crippen LogP contribution >= 0.6 is 0 Å². The van der Waals surface area contributed by atoms with Gasteiger partial charge < -0.3 is 10.6 Å². The quantitative estimate of drug-likeness (QED) is 0.888. The molecule has 1 heterocycles. The van der Waals surface area contributed by atoms with E-state index in [0.29, 0.717) is 11.4 Å². The molecule has 2 N–H and O–H groups in total. The van der Waals surface area contributed by atoms with Gasteiger partial charge in [-0.3, -0.25) is 9.59 Å². The van der Waals surface area contributed by atoms with Crippen LogP contribution in [0.15, 0.2) is 48.5 Å². The fourth-order valence-corrected chi connectivity index (χ4v) is 1.65. The summed E-state index contributed by atoms with van der Waals surface area (Å²) < 4.78 is 0. The highest BCUT2D eigenvalue weighted by atomic mass is 16.2. The highest BCUT2D eigenvalue weighted by molar-refractivity contribution is 5.98. The van der Waals surface area contributed by atoms with Crippen molar-refractivity contribution >= 4 is 17.6 Å². The molecule has 0 unspecified atom stereocenters. The summed E-state index contributed by atoms with van der Waals surface area (Å²) in [6, 6.07) is 14.1. The van der Waals surface area contributed by atoms with Crippen molar-refractivity contribution in [2.75, 3.05) is 11.9 Å². The maximum atomic E-state index is 11.7. The minimum atomic E-state index is -0.313. The zero-order chi connectivity index (χ0) is 14.4. The van der Waals surface area contributed by atoms with Crippen molar-refractivity contribution in [3.05, 3.63) is 59.8 Å². The van der Waals surface area contributed by atoms with Crippen molar-refractivity contribution in [2.45, 2.75) is 6.92 Å². The molecule has 0 fully saturated rings. The van der Waals surface area contributed by atoms with Crippen LogP contribution in [0.25, 0.3) is 0 Å². The van der Waals surface area contributed by atoms with Gasteiger partial charge in [-0.05, 0) is 31.2 Å². The Hall–Kier alpha value is -2.69. The summed E-state index contributed by atoms with van der Waals surface area (Å²) in [4.78, 5) is 27.6. The first-order chi connectivity index (χ1) is 9.65. The Labute approximate surface area is 117 Å². The lowest BCUT2D eigenvalue weighted by Crippen LogP contribution is -2.33. The first-order valence-electron chi connectivity index (χ1n) is 6.22. The Kier molecular flexibility index (Phi) is 4.44. The number of carbonyl (C=O) groups excluding carboxylic acids is 2. The second-order valence-electron chi connectivity index (χ2n) is 4.26. The molecule has 0 aliphatic rings. The Morgan fingerprint density at radius 1 is 1.05 bits per heavy atom. The molecule has 1 aromatic carbocycles. The summed E-state index contributed by atoms with van der Waals surface area (Å²) in [6.45, 7) is 1.75. The van der Waals surface area contributed by atoms with E-state index in [2.05, 4.69) is 15.6 Å². The molecule has 2 rings (SSSR count). The van der Waals surface area contributed by atoms with Gasteiger partial charge >= 0.3 is 0 Å². The van der Waals surface area contributed by atoms with Gasteiger partial charge in [0.2, 0.25) is 5.91 Å². The molecule has 102 valence electrons. The Morgan fingerprint density at radius 2 is 1.80 bits per heavy atom.